The van der Waals surface area contributed by atoms with Gasteiger partial charge in [0.1, 0.15) is 6.54 Å². The van der Waals surface area contributed by atoms with Crippen LogP contribution in [0.15, 0.2) is 30.3 Å². The monoisotopic (exact) mass is 229 g/mol. The molecule has 1 rings (SSSR count). The van der Waals surface area contributed by atoms with E-state index in [0.717, 1.165) is 12.2 Å². The Kier molecular flexibility index (Phi) is 6.54. The predicted octanol–water partition coefficient (Wildman–Crippen LogP) is 2.11. The van der Waals surface area contributed by atoms with Crippen LogP contribution < -0.4 is 4.90 Å². The number of ether oxygens (including phenoxy) is 1. The summed E-state index contributed by atoms with van der Waals surface area (Å²) in [5.41, 5.74) is 1.04. The van der Waals surface area contributed by atoms with Crippen LogP contribution in [-0.2, 0) is 9.53 Å². The molecule has 0 bridgehead atoms. The van der Waals surface area contributed by atoms with Gasteiger partial charge < -0.3 is 9.64 Å². The number of benzene rings is 1. The Balaban J connectivity index is 0.00000196. The van der Waals surface area contributed by atoms with E-state index in [0.29, 0.717) is 6.54 Å². The number of para-hydroxylation sites is 1. The van der Waals surface area contributed by atoms with E-state index in [1.807, 2.05) is 42.2 Å². The zero-order valence-electron chi connectivity index (χ0n) is 8.97. The molecule has 0 heterocycles. The van der Waals surface area contributed by atoms with Gasteiger partial charge in [-0.3, -0.25) is 4.79 Å². The molecule has 1 aromatic rings. The largest absolute Gasteiger partial charge is 0.468 e. The maximum absolute atomic E-state index is 11.1. The molecule has 0 saturated carbocycles. The van der Waals surface area contributed by atoms with Crippen LogP contribution in [0.2, 0.25) is 0 Å². The Morgan fingerprint density at radius 1 is 1.33 bits per heavy atom. The Labute approximate surface area is 96.4 Å². The number of anilines is 1. The molecule has 0 atom stereocenters. The van der Waals surface area contributed by atoms with Gasteiger partial charge in [-0.25, -0.2) is 0 Å². The summed E-state index contributed by atoms with van der Waals surface area (Å²) in [6.07, 6.45) is 0. The predicted molar refractivity (Wildman–Crippen MR) is 63.6 cm³/mol. The highest BCUT2D eigenvalue weighted by Crippen LogP contribution is 2.12. The number of carbonyl (C=O) groups is 1. The van der Waals surface area contributed by atoms with Crippen molar-refractivity contribution in [2.45, 2.75) is 6.92 Å². The molecule has 0 saturated heterocycles. The molecule has 0 unspecified atom stereocenters. The van der Waals surface area contributed by atoms with Gasteiger partial charge in [0.2, 0.25) is 0 Å². The zero-order chi connectivity index (χ0) is 10.4. The van der Waals surface area contributed by atoms with Gasteiger partial charge in [0, 0.05) is 12.2 Å². The Morgan fingerprint density at radius 3 is 2.40 bits per heavy atom. The van der Waals surface area contributed by atoms with Crippen molar-refractivity contribution in [3.05, 3.63) is 30.3 Å². The average molecular weight is 230 g/mol. The number of halogens is 1. The van der Waals surface area contributed by atoms with E-state index in [1.165, 1.54) is 7.11 Å². The zero-order valence-corrected chi connectivity index (χ0v) is 9.79. The maximum Gasteiger partial charge on any atom is 0.325 e. The van der Waals surface area contributed by atoms with Crippen molar-refractivity contribution < 1.29 is 9.53 Å². The molecule has 1 aromatic carbocycles. The second kappa shape index (κ2) is 7.12. The van der Waals surface area contributed by atoms with E-state index in [4.69, 9.17) is 0 Å². The SMILES string of the molecule is CCN(CC(=O)OC)c1ccccc1.Cl. The van der Waals surface area contributed by atoms with Crippen molar-refractivity contribution in [2.24, 2.45) is 0 Å². The molecule has 0 aliphatic rings. The van der Waals surface area contributed by atoms with Crippen molar-refractivity contribution in [3.8, 4) is 0 Å². The Hall–Kier alpha value is -1.22. The fourth-order valence-corrected chi connectivity index (χ4v) is 1.24. The average Bonchev–Trinajstić information content (AvgIpc) is 2.26. The third-order valence-electron chi connectivity index (χ3n) is 2.05. The van der Waals surface area contributed by atoms with Gasteiger partial charge in [0.25, 0.3) is 0 Å². The van der Waals surface area contributed by atoms with Crippen molar-refractivity contribution in [1.82, 2.24) is 0 Å². The summed E-state index contributed by atoms with van der Waals surface area (Å²) in [5.74, 6) is -0.212. The maximum atomic E-state index is 11.1. The quantitative estimate of drug-likeness (QED) is 0.741. The van der Waals surface area contributed by atoms with Crippen molar-refractivity contribution in [2.75, 3.05) is 25.1 Å². The molecule has 0 aliphatic heterocycles. The Morgan fingerprint density at radius 2 is 1.93 bits per heavy atom. The van der Waals surface area contributed by atoms with Gasteiger partial charge in [-0.2, -0.15) is 0 Å². The number of hydrogen-bond acceptors (Lipinski definition) is 3. The summed E-state index contributed by atoms with van der Waals surface area (Å²) in [6.45, 7) is 3.10. The number of methoxy groups -OCH3 is 1. The number of rotatable bonds is 4. The summed E-state index contributed by atoms with van der Waals surface area (Å²) in [5, 5.41) is 0. The van der Waals surface area contributed by atoms with Crippen LogP contribution in [0.25, 0.3) is 0 Å². The molecule has 0 aromatic heterocycles. The van der Waals surface area contributed by atoms with Crippen LogP contribution in [-0.4, -0.2) is 26.2 Å². The minimum atomic E-state index is -0.212. The van der Waals surface area contributed by atoms with E-state index >= 15 is 0 Å². The molecule has 0 radical (unpaired) electrons. The molecule has 15 heavy (non-hydrogen) atoms. The summed E-state index contributed by atoms with van der Waals surface area (Å²) >= 11 is 0. The van der Waals surface area contributed by atoms with Gasteiger partial charge in [-0.1, -0.05) is 18.2 Å². The summed E-state index contributed by atoms with van der Waals surface area (Å²) in [6, 6.07) is 9.82. The van der Waals surface area contributed by atoms with Crippen LogP contribution in [0.5, 0.6) is 0 Å². The number of nitrogens with zero attached hydrogens (tertiary/aromatic N) is 1. The third-order valence-corrected chi connectivity index (χ3v) is 2.05. The van der Waals surface area contributed by atoms with Crippen molar-refractivity contribution >= 4 is 24.1 Å². The van der Waals surface area contributed by atoms with Crippen LogP contribution in [0, 0.1) is 0 Å². The molecule has 0 N–H and O–H groups in total. The van der Waals surface area contributed by atoms with Crippen LogP contribution in [0.3, 0.4) is 0 Å². The number of esters is 1. The lowest BCUT2D eigenvalue weighted by atomic mass is 10.3. The molecule has 0 fully saturated rings. The minimum Gasteiger partial charge on any atom is -0.468 e. The van der Waals surface area contributed by atoms with Crippen molar-refractivity contribution in [3.63, 3.8) is 0 Å². The molecule has 84 valence electrons. The summed E-state index contributed by atoms with van der Waals surface area (Å²) < 4.78 is 4.62. The molecule has 4 heteroatoms. The molecule has 0 aliphatic carbocycles. The fraction of sp³-hybridized carbons (Fsp3) is 0.364. The number of carbonyl (C=O) groups excluding carboxylic acids is 1. The van der Waals surface area contributed by atoms with Crippen LogP contribution in [0.4, 0.5) is 5.69 Å². The highest BCUT2D eigenvalue weighted by molar-refractivity contribution is 5.85. The standard InChI is InChI=1S/C11H15NO2.ClH/c1-3-12(9-11(13)14-2)10-7-5-4-6-8-10;/h4-8H,3,9H2,1-2H3;1H. The molecule has 0 amide bonds. The third kappa shape index (κ3) is 4.21. The normalized spacial score (nSPS) is 8.93. The van der Waals surface area contributed by atoms with Gasteiger partial charge in [0.05, 0.1) is 7.11 Å². The van der Waals surface area contributed by atoms with Gasteiger partial charge in [-0.05, 0) is 19.1 Å². The second-order valence-electron chi connectivity index (χ2n) is 2.93. The van der Waals surface area contributed by atoms with Gasteiger partial charge in [0.15, 0.2) is 0 Å². The van der Waals surface area contributed by atoms with Gasteiger partial charge >= 0.3 is 5.97 Å². The minimum absolute atomic E-state index is 0. The van der Waals surface area contributed by atoms with E-state index in [1.54, 1.807) is 0 Å². The first-order valence-corrected chi connectivity index (χ1v) is 4.64. The van der Waals surface area contributed by atoms with E-state index in [9.17, 15) is 4.79 Å². The first kappa shape index (κ1) is 13.8. The molecule has 0 spiro atoms. The summed E-state index contributed by atoms with van der Waals surface area (Å²) in [4.78, 5) is 13.1. The Bertz CT molecular complexity index is 290. The second-order valence-corrected chi connectivity index (χ2v) is 2.93. The molecule has 3 nitrogen and oxygen atoms in total. The number of hydrogen-bond donors (Lipinski definition) is 0. The van der Waals surface area contributed by atoms with Gasteiger partial charge in [-0.15, -0.1) is 12.4 Å². The molecular weight excluding hydrogens is 214 g/mol. The lowest BCUT2D eigenvalue weighted by Crippen LogP contribution is -2.30. The first-order chi connectivity index (χ1) is 6.77. The summed E-state index contributed by atoms with van der Waals surface area (Å²) in [7, 11) is 1.40. The van der Waals surface area contributed by atoms with E-state index in [-0.39, 0.29) is 18.4 Å². The van der Waals surface area contributed by atoms with Crippen LogP contribution >= 0.6 is 12.4 Å². The lowest BCUT2D eigenvalue weighted by molar-refractivity contribution is -0.138. The smallest absolute Gasteiger partial charge is 0.325 e. The lowest BCUT2D eigenvalue weighted by Gasteiger charge is -2.21. The van der Waals surface area contributed by atoms with Crippen LogP contribution in [0.1, 0.15) is 6.92 Å². The van der Waals surface area contributed by atoms with Crippen molar-refractivity contribution in [1.29, 1.82) is 0 Å². The topological polar surface area (TPSA) is 29.5 Å². The van der Waals surface area contributed by atoms with E-state index in [2.05, 4.69) is 4.74 Å². The highest BCUT2D eigenvalue weighted by atomic mass is 35.5. The highest BCUT2D eigenvalue weighted by Gasteiger charge is 2.08. The molecular formula is C11H16ClNO2. The first-order valence-electron chi connectivity index (χ1n) is 4.64. The fourth-order valence-electron chi connectivity index (χ4n) is 1.24. The number of likely N-dealkylation sites (N-methyl/N-ethyl adjacent to an activating group) is 1. The van der Waals surface area contributed by atoms with E-state index < -0.39 is 0 Å².